The lowest BCUT2D eigenvalue weighted by atomic mass is 10.2. The monoisotopic (exact) mass is 210 g/mol. The van der Waals surface area contributed by atoms with Crippen molar-refractivity contribution in [2.45, 2.75) is 25.8 Å². The second kappa shape index (κ2) is 3.56. The van der Waals surface area contributed by atoms with E-state index in [-0.39, 0.29) is 0 Å². The van der Waals surface area contributed by atoms with E-state index in [1.807, 2.05) is 12.1 Å². The van der Waals surface area contributed by atoms with E-state index < -0.39 is 0 Å². The molecule has 0 N–H and O–H groups in total. The minimum atomic E-state index is 0.733. The van der Waals surface area contributed by atoms with Crippen molar-refractivity contribution in [2.75, 3.05) is 13.6 Å². The van der Waals surface area contributed by atoms with Gasteiger partial charge < -0.3 is 0 Å². The van der Waals surface area contributed by atoms with Crippen LogP contribution in [-0.2, 0) is 0 Å². The topological polar surface area (TPSA) is 0 Å². The first-order valence-electron chi connectivity index (χ1n) is 5.24. The van der Waals surface area contributed by atoms with Crippen LogP contribution in [0.2, 0.25) is 5.02 Å². The molecule has 2 heteroatoms. The van der Waals surface area contributed by atoms with E-state index in [9.17, 15) is 0 Å². The standard InChI is InChI=1S/C12H17ClN/c1-10-4-3-9-14(10,2)12-7-5-11(13)6-8-12/h5-8,10H,3-4,9H2,1-2H3/q+1. The van der Waals surface area contributed by atoms with Crippen LogP contribution >= 0.6 is 11.6 Å². The van der Waals surface area contributed by atoms with Crippen LogP contribution in [0, 0.1) is 0 Å². The molecule has 0 aliphatic carbocycles. The zero-order valence-corrected chi connectivity index (χ0v) is 9.59. The zero-order valence-electron chi connectivity index (χ0n) is 8.83. The third kappa shape index (κ3) is 1.55. The summed E-state index contributed by atoms with van der Waals surface area (Å²) in [6, 6.07) is 9.03. The van der Waals surface area contributed by atoms with Crippen LogP contribution in [0.1, 0.15) is 19.8 Å². The van der Waals surface area contributed by atoms with E-state index in [0.29, 0.717) is 0 Å². The van der Waals surface area contributed by atoms with E-state index >= 15 is 0 Å². The van der Waals surface area contributed by atoms with Crippen molar-refractivity contribution >= 4 is 17.3 Å². The Hall–Kier alpha value is -0.530. The molecule has 1 heterocycles. The second-order valence-electron chi connectivity index (χ2n) is 4.46. The van der Waals surface area contributed by atoms with Gasteiger partial charge in [0.1, 0.15) is 5.69 Å². The summed E-state index contributed by atoms with van der Waals surface area (Å²) >= 11 is 5.89. The molecule has 1 aliphatic heterocycles. The summed E-state index contributed by atoms with van der Waals surface area (Å²) in [7, 11) is 2.32. The van der Waals surface area contributed by atoms with Gasteiger partial charge in [-0.1, -0.05) is 11.6 Å². The molecule has 1 saturated heterocycles. The third-order valence-corrected chi connectivity index (χ3v) is 3.89. The predicted octanol–water partition coefficient (Wildman–Crippen LogP) is 3.46. The number of quaternary nitrogens is 1. The minimum absolute atomic E-state index is 0.733. The predicted molar refractivity (Wildman–Crippen MR) is 62.7 cm³/mol. The maximum Gasteiger partial charge on any atom is 0.132 e. The summed E-state index contributed by atoms with van der Waals surface area (Å²) in [5.74, 6) is 0. The fourth-order valence-corrected chi connectivity index (χ4v) is 2.51. The van der Waals surface area contributed by atoms with Gasteiger partial charge in [0.15, 0.2) is 0 Å². The third-order valence-electron chi connectivity index (χ3n) is 3.63. The highest BCUT2D eigenvalue weighted by molar-refractivity contribution is 6.30. The fourth-order valence-electron chi connectivity index (χ4n) is 2.39. The van der Waals surface area contributed by atoms with E-state index in [4.69, 9.17) is 11.6 Å². The molecular formula is C12H17ClN+. The molecule has 0 bridgehead atoms. The normalized spacial score (nSPS) is 32.1. The Morgan fingerprint density at radius 1 is 1.29 bits per heavy atom. The van der Waals surface area contributed by atoms with Crippen molar-refractivity contribution < 1.29 is 0 Å². The molecule has 0 aromatic heterocycles. The van der Waals surface area contributed by atoms with Crippen LogP contribution in [0.25, 0.3) is 0 Å². The van der Waals surface area contributed by atoms with Gasteiger partial charge in [0.05, 0.1) is 19.6 Å². The number of rotatable bonds is 1. The molecule has 14 heavy (non-hydrogen) atoms. The van der Waals surface area contributed by atoms with Gasteiger partial charge in [-0.2, -0.15) is 0 Å². The lowest BCUT2D eigenvalue weighted by Crippen LogP contribution is -2.47. The van der Waals surface area contributed by atoms with Crippen molar-refractivity contribution in [3.8, 4) is 0 Å². The summed E-state index contributed by atoms with van der Waals surface area (Å²) in [6.07, 6.45) is 2.67. The van der Waals surface area contributed by atoms with Crippen molar-refractivity contribution in [1.82, 2.24) is 4.48 Å². The quantitative estimate of drug-likeness (QED) is 0.623. The first kappa shape index (κ1) is 10.0. The molecule has 1 nitrogen and oxygen atoms in total. The van der Waals surface area contributed by atoms with E-state index in [1.165, 1.54) is 25.1 Å². The summed E-state index contributed by atoms with van der Waals surface area (Å²) < 4.78 is 1.07. The van der Waals surface area contributed by atoms with Crippen LogP contribution in [0.3, 0.4) is 0 Å². The Bertz CT molecular complexity index is 320. The van der Waals surface area contributed by atoms with Crippen LogP contribution < -0.4 is 4.48 Å². The van der Waals surface area contributed by atoms with Crippen LogP contribution in [0.15, 0.2) is 24.3 Å². The maximum atomic E-state index is 5.89. The molecule has 0 spiro atoms. The van der Waals surface area contributed by atoms with Crippen molar-refractivity contribution in [3.63, 3.8) is 0 Å². The number of likely N-dealkylation sites (tertiary alicyclic amines) is 1. The SMILES string of the molecule is CC1CCC[N+]1(C)c1ccc(Cl)cc1. The molecule has 0 saturated carbocycles. The molecular weight excluding hydrogens is 194 g/mol. The maximum absolute atomic E-state index is 5.89. The molecule has 1 aromatic carbocycles. The van der Waals surface area contributed by atoms with Gasteiger partial charge in [-0.25, -0.2) is 0 Å². The molecule has 1 fully saturated rings. The van der Waals surface area contributed by atoms with Gasteiger partial charge in [-0.15, -0.1) is 0 Å². The molecule has 1 aromatic rings. The zero-order chi connectivity index (χ0) is 10.2. The smallest absolute Gasteiger partial charge is 0.132 e. The molecule has 76 valence electrons. The van der Waals surface area contributed by atoms with Gasteiger partial charge in [0, 0.05) is 30.0 Å². The van der Waals surface area contributed by atoms with Crippen molar-refractivity contribution in [1.29, 1.82) is 0 Å². The Morgan fingerprint density at radius 2 is 1.93 bits per heavy atom. The summed E-state index contributed by atoms with van der Waals surface area (Å²) in [5.41, 5.74) is 1.39. The van der Waals surface area contributed by atoms with Crippen LogP contribution in [0.5, 0.6) is 0 Å². The van der Waals surface area contributed by atoms with Crippen LogP contribution in [-0.4, -0.2) is 19.6 Å². The van der Waals surface area contributed by atoms with E-state index in [2.05, 4.69) is 26.1 Å². The first-order valence-corrected chi connectivity index (χ1v) is 5.62. The molecule has 0 amide bonds. The fraction of sp³-hybridized carbons (Fsp3) is 0.500. The molecule has 2 atom stereocenters. The highest BCUT2D eigenvalue weighted by atomic mass is 35.5. The molecule has 1 aliphatic rings. The lowest BCUT2D eigenvalue weighted by Gasteiger charge is -2.33. The Morgan fingerprint density at radius 3 is 2.43 bits per heavy atom. The average Bonchev–Trinajstić information content (AvgIpc) is 2.49. The number of nitrogens with zero attached hydrogens (tertiary/aromatic N) is 1. The molecule has 2 unspecified atom stereocenters. The Labute approximate surface area is 90.9 Å². The number of hydrogen-bond acceptors (Lipinski definition) is 0. The van der Waals surface area contributed by atoms with Gasteiger partial charge in [-0.05, 0) is 19.1 Å². The van der Waals surface area contributed by atoms with Gasteiger partial charge in [0.25, 0.3) is 0 Å². The highest BCUT2D eigenvalue weighted by Gasteiger charge is 2.36. The average molecular weight is 211 g/mol. The number of hydrogen-bond donors (Lipinski definition) is 0. The van der Waals surface area contributed by atoms with Crippen molar-refractivity contribution in [2.24, 2.45) is 0 Å². The lowest BCUT2D eigenvalue weighted by molar-refractivity contribution is 0.325. The Balaban J connectivity index is 2.34. The first-order chi connectivity index (χ1) is 6.63. The van der Waals surface area contributed by atoms with Gasteiger partial charge >= 0.3 is 0 Å². The van der Waals surface area contributed by atoms with Gasteiger partial charge in [-0.3, -0.25) is 4.48 Å². The highest BCUT2D eigenvalue weighted by Crippen LogP contribution is 2.32. The van der Waals surface area contributed by atoms with E-state index in [0.717, 1.165) is 15.5 Å². The number of benzene rings is 1. The molecule has 0 radical (unpaired) electrons. The Kier molecular flexibility index (Phi) is 2.54. The van der Waals surface area contributed by atoms with Crippen LogP contribution in [0.4, 0.5) is 5.69 Å². The summed E-state index contributed by atoms with van der Waals surface area (Å²) in [5, 5.41) is 0.826. The number of halogens is 1. The molecule has 2 rings (SSSR count). The summed E-state index contributed by atoms with van der Waals surface area (Å²) in [4.78, 5) is 0. The van der Waals surface area contributed by atoms with Gasteiger partial charge in [0.2, 0.25) is 0 Å². The minimum Gasteiger partial charge on any atom is -0.291 e. The largest absolute Gasteiger partial charge is 0.291 e. The summed E-state index contributed by atoms with van der Waals surface area (Å²) in [6.45, 7) is 3.59. The van der Waals surface area contributed by atoms with E-state index in [1.54, 1.807) is 0 Å². The van der Waals surface area contributed by atoms with Crippen molar-refractivity contribution in [3.05, 3.63) is 29.3 Å². The second-order valence-corrected chi connectivity index (χ2v) is 4.90.